The average Bonchev–Trinajstić information content (AvgIpc) is 3.17. The summed E-state index contributed by atoms with van der Waals surface area (Å²) in [4.78, 5) is 4.79. The Labute approximate surface area is 160 Å². The molecule has 1 atom stereocenters. The lowest BCUT2D eigenvalue weighted by atomic mass is 10.0. The van der Waals surface area contributed by atoms with E-state index < -0.39 is 0 Å². The van der Waals surface area contributed by atoms with E-state index in [0.29, 0.717) is 25.2 Å². The van der Waals surface area contributed by atoms with Gasteiger partial charge in [-0.2, -0.15) is 11.3 Å². The van der Waals surface area contributed by atoms with Crippen molar-refractivity contribution in [2.45, 2.75) is 25.4 Å². The van der Waals surface area contributed by atoms with Gasteiger partial charge in [0.2, 0.25) is 0 Å². The van der Waals surface area contributed by atoms with Gasteiger partial charge in [0, 0.05) is 28.9 Å². The highest BCUT2D eigenvalue weighted by atomic mass is 32.1. The highest BCUT2D eigenvalue weighted by Crippen LogP contribution is 2.43. The van der Waals surface area contributed by atoms with Gasteiger partial charge in [-0.05, 0) is 47.9 Å². The topological polar surface area (TPSA) is 43.4 Å². The molecule has 5 rings (SSSR count). The molecule has 1 aliphatic carbocycles. The van der Waals surface area contributed by atoms with Crippen LogP contribution in [0.5, 0.6) is 11.5 Å². The van der Waals surface area contributed by atoms with E-state index in [1.807, 2.05) is 6.07 Å². The second-order valence-corrected chi connectivity index (χ2v) is 8.39. The second-order valence-electron chi connectivity index (χ2n) is 6.76. The Morgan fingerprint density at radius 3 is 2.81 bits per heavy atom. The maximum Gasteiger partial charge on any atom is 0.161 e. The lowest BCUT2D eigenvalue weighted by Gasteiger charge is -2.23. The average molecular weight is 385 g/mol. The predicted molar refractivity (Wildman–Crippen MR) is 105 cm³/mol. The Hall–Kier alpha value is -1.89. The van der Waals surface area contributed by atoms with Crippen LogP contribution < -0.4 is 14.8 Å². The third-order valence-electron chi connectivity index (χ3n) is 4.84. The Morgan fingerprint density at radius 2 is 2.00 bits per heavy atom. The maximum atomic E-state index is 5.76. The number of nitrogens with one attached hydrogen (secondary N) is 1. The number of thiazole rings is 1. The van der Waals surface area contributed by atoms with Crippen LogP contribution in [0.1, 0.15) is 30.1 Å². The largest absolute Gasteiger partial charge is 0.486 e. The maximum absolute atomic E-state index is 5.76. The minimum atomic E-state index is 0.345. The summed E-state index contributed by atoms with van der Waals surface area (Å²) in [5, 5.41) is 11.2. The normalized spacial score (nSPS) is 17.2. The molecule has 1 fully saturated rings. The molecule has 26 heavy (non-hydrogen) atoms. The van der Waals surface area contributed by atoms with E-state index in [-0.39, 0.29) is 0 Å². The molecule has 4 nitrogen and oxygen atoms in total. The summed E-state index contributed by atoms with van der Waals surface area (Å²) in [6, 6.07) is 8.82. The third-order valence-corrected chi connectivity index (χ3v) is 6.47. The molecule has 0 amide bonds. The van der Waals surface area contributed by atoms with Gasteiger partial charge in [-0.15, -0.1) is 11.3 Å². The molecule has 3 aromatic rings. The van der Waals surface area contributed by atoms with Crippen molar-refractivity contribution in [3.8, 4) is 22.1 Å². The van der Waals surface area contributed by atoms with Crippen molar-refractivity contribution < 1.29 is 9.47 Å². The van der Waals surface area contributed by atoms with E-state index in [0.717, 1.165) is 28.7 Å². The molecule has 1 aliphatic heterocycles. The van der Waals surface area contributed by atoms with Crippen molar-refractivity contribution in [3.05, 3.63) is 51.7 Å². The lowest BCUT2D eigenvalue weighted by Crippen LogP contribution is -2.23. The minimum absolute atomic E-state index is 0.345. The van der Waals surface area contributed by atoms with Gasteiger partial charge in [-0.3, -0.25) is 0 Å². The van der Waals surface area contributed by atoms with Gasteiger partial charge in [0.05, 0.1) is 5.69 Å². The first-order valence-electron chi connectivity index (χ1n) is 8.97. The molecule has 1 unspecified atom stereocenters. The first-order valence-corrected chi connectivity index (χ1v) is 10.8. The number of benzene rings is 1. The summed E-state index contributed by atoms with van der Waals surface area (Å²) in [6.07, 6.45) is 2.56. The molecule has 6 heteroatoms. The van der Waals surface area contributed by atoms with Crippen LogP contribution in [0.25, 0.3) is 10.6 Å². The van der Waals surface area contributed by atoms with Gasteiger partial charge in [-0.25, -0.2) is 4.98 Å². The number of aromatic nitrogens is 1. The molecule has 134 valence electrons. The molecule has 0 bridgehead atoms. The lowest BCUT2D eigenvalue weighted by molar-refractivity contribution is 0.171. The van der Waals surface area contributed by atoms with E-state index in [4.69, 9.17) is 14.5 Å². The number of fused-ring (bicyclic) bond motifs is 1. The Balaban J connectivity index is 1.31. The van der Waals surface area contributed by atoms with E-state index in [9.17, 15) is 0 Å². The molecule has 2 aliphatic rings. The fourth-order valence-electron chi connectivity index (χ4n) is 3.36. The summed E-state index contributed by atoms with van der Waals surface area (Å²) in [5.74, 6) is 2.43. The number of thiophene rings is 1. The summed E-state index contributed by atoms with van der Waals surface area (Å²) >= 11 is 3.43. The van der Waals surface area contributed by atoms with Gasteiger partial charge in [0.1, 0.15) is 18.2 Å². The van der Waals surface area contributed by atoms with Gasteiger partial charge in [-0.1, -0.05) is 6.07 Å². The van der Waals surface area contributed by atoms with E-state index in [1.165, 1.54) is 24.0 Å². The molecule has 1 aromatic carbocycles. The van der Waals surface area contributed by atoms with Crippen LogP contribution >= 0.6 is 22.7 Å². The molecular weight excluding hydrogens is 364 g/mol. The van der Waals surface area contributed by atoms with Crippen molar-refractivity contribution in [3.63, 3.8) is 0 Å². The zero-order chi connectivity index (χ0) is 17.3. The van der Waals surface area contributed by atoms with Crippen LogP contribution in [-0.4, -0.2) is 18.2 Å². The number of nitrogens with zero attached hydrogens (tertiary/aromatic N) is 1. The predicted octanol–water partition coefficient (Wildman–Crippen LogP) is 4.88. The van der Waals surface area contributed by atoms with Crippen LogP contribution in [-0.2, 0) is 6.54 Å². The highest BCUT2D eigenvalue weighted by Gasteiger charge is 2.32. The molecule has 2 aromatic heterocycles. The zero-order valence-corrected chi connectivity index (χ0v) is 15.9. The van der Waals surface area contributed by atoms with Crippen LogP contribution in [0.4, 0.5) is 0 Å². The van der Waals surface area contributed by atoms with Gasteiger partial charge >= 0.3 is 0 Å². The second kappa shape index (κ2) is 7.02. The summed E-state index contributed by atoms with van der Waals surface area (Å²) in [6.45, 7) is 2.05. The summed E-state index contributed by atoms with van der Waals surface area (Å²) in [7, 11) is 0. The number of hydrogen-bond donors (Lipinski definition) is 1. The van der Waals surface area contributed by atoms with Crippen molar-refractivity contribution in [1.29, 1.82) is 0 Å². The molecule has 1 saturated carbocycles. The fraction of sp³-hybridized carbons (Fsp3) is 0.350. The Bertz CT molecular complexity index is 887. The number of rotatable bonds is 6. The van der Waals surface area contributed by atoms with Gasteiger partial charge in [0.25, 0.3) is 0 Å². The summed E-state index contributed by atoms with van der Waals surface area (Å²) < 4.78 is 11.4. The molecule has 0 spiro atoms. The van der Waals surface area contributed by atoms with E-state index in [1.54, 1.807) is 22.7 Å². The van der Waals surface area contributed by atoms with Gasteiger partial charge in [0.15, 0.2) is 11.5 Å². The van der Waals surface area contributed by atoms with Crippen LogP contribution in [0.2, 0.25) is 0 Å². The van der Waals surface area contributed by atoms with Gasteiger partial charge < -0.3 is 14.8 Å². The fourth-order valence-corrected chi connectivity index (χ4v) is 4.89. The SMILES string of the molecule is c1cc(-c2nc(CNC(c3ccc4c(c3)OCCO4)C3CC3)cs2)cs1. The van der Waals surface area contributed by atoms with Crippen LogP contribution in [0.15, 0.2) is 40.4 Å². The van der Waals surface area contributed by atoms with Crippen molar-refractivity contribution in [2.75, 3.05) is 13.2 Å². The van der Waals surface area contributed by atoms with Crippen molar-refractivity contribution in [2.24, 2.45) is 5.92 Å². The standard InChI is InChI=1S/C20H20N2O2S2/c1-2-13(1)19(14-3-4-17-18(9-14)24-7-6-23-17)21-10-16-12-26-20(22-16)15-5-8-25-11-15/h3-5,8-9,11-13,19,21H,1-2,6-7,10H2. The van der Waals surface area contributed by atoms with E-state index >= 15 is 0 Å². The molecule has 0 saturated heterocycles. The van der Waals surface area contributed by atoms with Crippen LogP contribution in [0, 0.1) is 5.92 Å². The first-order chi connectivity index (χ1) is 12.9. The third kappa shape index (κ3) is 3.37. The molecular formula is C20H20N2O2S2. The summed E-state index contributed by atoms with van der Waals surface area (Å²) in [5.41, 5.74) is 3.61. The minimum Gasteiger partial charge on any atom is -0.486 e. The monoisotopic (exact) mass is 384 g/mol. The van der Waals surface area contributed by atoms with Crippen molar-refractivity contribution >= 4 is 22.7 Å². The Morgan fingerprint density at radius 1 is 1.12 bits per heavy atom. The smallest absolute Gasteiger partial charge is 0.161 e. The number of hydrogen-bond acceptors (Lipinski definition) is 6. The zero-order valence-electron chi connectivity index (χ0n) is 14.3. The Kier molecular flexibility index (Phi) is 4.40. The number of ether oxygens (including phenoxy) is 2. The highest BCUT2D eigenvalue weighted by molar-refractivity contribution is 7.14. The first kappa shape index (κ1) is 16.3. The van der Waals surface area contributed by atoms with Crippen molar-refractivity contribution in [1.82, 2.24) is 10.3 Å². The quantitative estimate of drug-likeness (QED) is 0.657. The molecule has 3 heterocycles. The van der Waals surface area contributed by atoms with E-state index in [2.05, 4.69) is 39.7 Å². The van der Waals surface area contributed by atoms with Crippen LogP contribution in [0.3, 0.4) is 0 Å². The molecule has 0 radical (unpaired) electrons. The molecule has 1 N–H and O–H groups in total.